The van der Waals surface area contributed by atoms with Gasteiger partial charge in [-0.2, -0.15) is 10.2 Å². The number of rotatable bonds is 6. The molecule has 31 heavy (non-hydrogen) atoms. The fourth-order valence-electron chi connectivity index (χ4n) is 3.22. The second kappa shape index (κ2) is 9.21. The Kier molecular flexibility index (Phi) is 6.03. The molecule has 0 spiro atoms. The van der Waals surface area contributed by atoms with Crippen molar-refractivity contribution >= 4 is 11.7 Å². The highest BCUT2D eigenvalue weighted by molar-refractivity contribution is 5.92. The Morgan fingerprint density at radius 2 is 1.84 bits per heavy atom. The first-order valence-electron chi connectivity index (χ1n) is 9.89. The first-order valence-corrected chi connectivity index (χ1v) is 9.89. The summed E-state index contributed by atoms with van der Waals surface area (Å²) in [6, 6.07) is 13.8. The highest BCUT2D eigenvalue weighted by atomic mass is 19.1. The van der Waals surface area contributed by atoms with Crippen molar-refractivity contribution < 1.29 is 9.18 Å². The number of hydrogen-bond acceptors (Lipinski definition) is 5. The van der Waals surface area contributed by atoms with Crippen LogP contribution in [0.15, 0.2) is 73.3 Å². The normalized spacial score (nSPS) is 10.6. The van der Waals surface area contributed by atoms with Gasteiger partial charge in [-0.1, -0.05) is 25.1 Å². The molecule has 1 aromatic carbocycles. The summed E-state index contributed by atoms with van der Waals surface area (Å²) in [5.74, 6) is 0.0358. The summed E-state index contributed by atoms with van der Waals surface area (Å²) in [4.78, 5) is 21.4. The highest BCUT2D eigenvalue weighted by Crippen LogP contribution is 2.24. The lowest BCUT2D eigenvalue weighted by Crippen LogP contribution is -2.16. The lowest BCUT2D eigenvalue weighted by molar-refractivity contribution is -0.115. The molecule has 0 bridgehead atoms. The lowest BCUT2D eigenvalue weighted by atomic mass is 10.0. The first-order chi connectivity index (χ1) is 15.1. The van der Waals surface area contributed by atoms with E-state index < -0.39 is 0 Å². The SMILES string of the molecule is CCc1cc(-c2cccc(F)c2)cnc1NC(=O)Cc1ccc(-c2ccnnc2)nc1. The van der Waals surface area contributed by atoms with E-state index in [1.54, 1.807) is 30.9 Å². The molecule has 0 atom stereocenters. The number of amides is 1. The molecule has 3 aromatic heterocycles. The van der Waals surface area contributed by atoms with E-state index >= 15 is 0 Å². The van der Waals surface area contributed by atoms with E-state index in [2.05, 4.69) is 25.5 Å². The molecule has 0 unspecified atom stereocenters. The number of nitrogens with zero attached hydrogens (tertiary/aromatic N) is 4. The third-order valence-electron chi connectivity index (χ3n) is 4.83. The van der Waals surface area contributed by atoms with Crippen molar-refractivity contribution in [1.82, 2.24) is 20.2 Å². The number of halogens is 1. The molecule has 1 N–H and O–H groups in total. The first kappa shape index (κ1) is 20.3. The van der Waals surface area contributed by atoms with Crippen LogP contribution in [0.4, 0.5) is 10.2 Å². The van der Waals surface area contributed by atoms with Crippen molar-refractivity contribution in [2.24, 2.45) is 0 Å². The smallest absolute Gasteiger partial charge is 0.230 e. The number of hydrogen-bond donors (Lipinski definition) is 1. The van der Waals surface area contributed by atoms with Gasteiger partial charge in [-0.3, -0.25) is 9.78 Å². The largest absolute Gasteiger partial charge is 0.310 e. The van der Waals surface area contributed by atoms with Gasteiger partial charge >= 0.3 is 0 Å². The third kappa shape index (κ3) is 4.95. The Balaban J connectivity index is 1.45. The zero-order valence-corrected chi connectivity index (χ0v) is 16.9. The van der Waals surface area contributed by atoms with Crippen molar-refractivity contribution in [1.29, 1.82) is 0 Å². The molecule has 0 saturated heterocycles. The number of carbonyl (C=O) groups is 1. The monoisotopic (exact) mass is 413 g/mol. The van der Waals surface area contributed by atoms with Crippen molar-refractivity contribution in [3.8, 4) is 22.4 Å². The van der Waals surface area contributed by atoms with Crippen molar-refractivity contribution in [2.75, 3.05) is 5.32 Å². The number of nitrogens with one attached hydrogen (secondary N) is 1. The van der Waals surface area contributed by atoms with Gasteiger partial charge in [0.05, 0.1) is 24.5 Å². The maximum Gasteiger partial charge on any atom is 0.230 e. The molecule has 1 amide bonds. The summed E-state index contributed by atoms with van der Waals surface area (Å²) in [5.41, 5.74) is 4.85. The second-order valence-corrected chi connectivity index (χ2v) is 7.00. The fourth-order valence-corrected chi connectivity index (χ4v) is 3.22. The topological polar surface area (TPSA) is 80.7 Å². The zero-order valence-electron chi connectivity index (χ0n) is 16.9. The van der Waals surface area contributed by atoms with Crippen molar-refractivity contribution in [3.05, 3.63) is 90.3 Å². The number of pyridine rings is 2. The van der Waals surface area contributed by atoms with Crippen LogP contribution < -0.4 is 5.32 Å². The Bertz CT molecular complexity index is 1200. The standard InChI is InChI=1S/C24H20FN5O/c1-2-17-11-20(18-4-3-5-21(25)12-18)14-27-24(17)30-23(31)10-16-6-7-22(26-13-16)19-8-9-28-29-15-19/h3-9,11-15H,2,10H2,1H3,(H,27,30,31). The highest BCUT2D eigenvalue weighted by Gasteiger charge is 2.11. The van der Waals surface area contributed by atoms with Crippen LogP contribution in [0.1, 0.15) is 18.1 Å². The predicted octanol–water partition coefficient (Wildman–Crippen LogP) is 4.48. The lowest BCUT2D eigenvalue weighted by Gasteiger charge is -2.11. The van der Waals surface area contributed by atoms with Gasteiger partial charge in [0.25, 0.3) is 0 Å². The molecule has 7 heteroatoms. The van der Waals surface area contributed by atoms with Crippen LogP contribution in [0, 0.1) is 5.82 Å². The second-order valence-electron chi connectivity index (χ2n) is 7.00. The van der Waals surface area contributed by atoms with Gasteiger partial charge in [-0.15, -0.1) is 0 Å². The van der Waals surface area contributed by atoms with Gasteiger partial charge in [0, 0.05) is 23.5 Å². The van der Waals surface area contributed by atoms with Crippen molar-refractivity contribution in [3.63, 3.8) is 0 Å². The average molecular weight is 413 g/mol. The number of aromatic nitrogens is 4. The van der Waals surface area contributed by atoms with Crippen LogP contribution in [0.25, 0.3) is 22.4 Å². The third-order valence-corrected chi connectivity index (χ3v) is 4.83. The van der Waals surface area contributed by atoms with Crippen LogP contribution in [0.3, 0.4) is 0 Å². The van der Waals surface area contributed by atoms with Gasteiger partial charge in [-0.25, -0.2) is 9.37 Å². The summed E-state index contributed by atoms with van der Waals surface area (Å²) < 4.78 is 13.5. The van der Waals surface area contributed by atoms with E-state index in [1.165, 1.54) is 12.1 Å². The summed E-state index contributed by atoms with van der Waals surface area (Å²) in [7, 11) is 0. The quantitative estimate of drug-likeness (QED) is 0.504. The Labute approximate surface area is 179 Å². The molecule has 4 aromatic rings. The minimum Gasteiger partial charge on any atom is -0.310 e. The van der Waals surface area contributed by atoms with E-state index in [1.807, 2.05) is 37.3 Å². The van der Waals surface area contributed by atoms with E-state index in [0.717, 1.165) is 33.5 Å². The molecule has 0 aliphatic heterocycles. The minimum absolute atomic E-state index is 0.179. The predicted molar refractivity (Wildman–Crippen MR) is 117 cm³/mol. The van der Waals surface area contributed by atoms with E-state index in [0.29, 0.717) is 12.2 Å². The average Bonchev–Trinajstić information content (AvgIpc) is 2.80. The van der Waals surface area contributed by atoms with Crippen LogP contribution in [0.2, 0.25) is 0 Å². The molecule has 0 saturated carbocycles. The number of anilines is 1. The van der Waals surface area contributed by atoms with Crippen LogP contribution >= 0.6 is 0 Å². The number of carbonyl (C=O) groups excluding carboxylic acids is 1. The Morgan fingerprint density at radius 1 is 0.935 bits per heavy atom. The fraction of sp³-hybridized carbons (Fsp3) is 0.125. The molecule has 0 aliphatic rings. The van der Waals surface area contributed by atoms with Crippen LogP contribution in [-0.2, 0) is 17.6 Å². The summed E-state index contributed by atoms with van der Waals surface area (Å²) in [5, 5.41) is 10.5. The summed E-state index contributed by atoms with van der Waals surface area (Å²) in [6.07, 6.45) is 7.43. The van der Waals surface area contributed by atoms with Gasteiger partial charge in [0.1, 0.15) is 11.6 Å². The molecule has 0 aliphatic carbocycles. The van der Waals surface area contributed by atoms with Crippen molar-refractivity contribution in [2.45, 2.75) is 19.8 Å². The summed E-state index contributed by atoms with van der Waals surface area (Å²) >= 11 is 0. The van der Waals surface area contributed by atoms with Crippen LogP contribution in [0.5, 0.6) is 0 Å². The van der Waals surface area contributed by atoms with Gasteiger partial charge in [0.2, 0.25) is 5.91 Å². The molecule has 154 valence electrons. The van der Waals surface area contributed by atoms with Gasteiger partial charge in [-0.05, 0) is 53.4 Å². The molecular formula is C24H20FN5O. The van der Waals surface area contributed by atoms with Gasteiger partial charge < -0.3 is 5.32 Å². The zero-order chi connectivity index (χ0) is 21.6. The maximum atomic E-state index is 13.5. The van der Waals surface area contributed by atoms with Gasteiger partial charge in [0.15, 0.2) is 0 Å². The van der Waals surface area contributed by atoms with E-state index in [4.69, 9.17) is 0 Å². The molecule has 0 radical (unpaired) electrons. The molecule has 0 fully saturated rings. The minimum atomic E-state index is -0.298. The molecule has 4 rings (SSSR count). The van der Waals surface area contributed by atoms with Crippen LogP contribution in [-0.4, -0.2) is 26.1 Å². The maximum absolute atomic E-state index is 13.5. The Hall–Kier alpha value is -4.00. The van der Waals surface area contributed by atoms with E-state index in [-0.39, 0.29) is 18.1 Å². The van der Waals surface area contributed by atoms with E-state index in [9.17, 15) is 9.18 Å². The number of benzene rings is 1. The molecule has 6 nitrogen and oxygen atoms in total. The molecule has 3 heterocycles. The molecular weight excluding hydrogens is 393 g/mol. The Morgan fingerprint density at radius 3 is 2.55 bits per heavy atom. The number of aryl methyl sites for hydroxylation is 1. The summed E-state index contributed by atoms with van der Waals surface area (Å²) in [6.45, 7) is 1.98.